The number of aromatic nitrogens is 4. The van der Waals surface area contributed by atoms with Crippen molar-refractivity contribution in [1.82, 2.24) is 25.5 Å². The molecule has 1 heterocycles. The molecule has 106 valence electrons. The highest BCUT2D eigenvalue weighted by Crippen LogP contribution is 2.36. The predicted molar refractivity (Wildman–Crippen MR) is 76.3 cm³/mol. The molecule has 1 N–H and O–H groups in total. The van der Waals surface area contributed by atoms with Crippen molar-refractivity contribution in [3.05, 3.63) is 0 Å². The predicted octanol–water partition coefficient (Wildman–Crippen LogP) is 2.41. The largest absolute Gasteiger partial charge is 0.314 e. The maximum absolute atomic E-state index is 4.11. The number of tetrazole rings is 1. The van der Waals surface area contributed by atoms with Gasteiger partial charge in [-0.1, -0.05) is 31.0 Å². The fourth-order valence-electron chi connectivity index (χ4n) is 2.68. The van der Waals surface area contributed by atoms with E-state index < -0.39 is 0 Å². The summed E-state index contributed by atoms with van der Waals surface area (Å²) in [4.78, 5) is 0. The molecule has 2 saturated carbocycles. The van der Waals surface area contributed by atoms with Crippen LogP contribution in [0.5, 0.6) is 0 Å². The summed E-state index contributed by atoms with van der Waals surface area (Å²) in [6, 6.07) is 1.35. The van der Waals surface area contributed by atoms with Crippen LogP contribution in [0.3, 0.4) is 0 Å². The van der Waals surface area contributed by atoms with E-state index in [2.05, 4.69) is 20.8 Å². The number of rotatable bonds is 7. The van der Waals surface area contributed by atoms with Crippen LogP contribution >= 0.6 is 11.8 Å². The molecule has 1 aromatic heterocycles. The smallest absolute Gasteiger partial charge is 0.209 e. The minimum atomic E-state index is 0.581. The molecule has 3 rings (SSSR count). The molecule has 0 radical (unpaired) electrons. The van der Waals surface area contributed by atoms with Gasteiger partial charge < -0.3 is 5.32 Å². The summed E-state index contributed by atoms with van der Waals surface area (Å²) in [5.41, 5.74) is 0. The third-order valence-corrected chi connectivity index (χ3v) is 4.97. The Bertz CT molecular complexity index is 384. The Morgan fingerprint density at radius 1 is 1.16 bits per heavy atom. The number of thioether (sulfide) groups is 1. The van der Waals surface area contributed by atoms with Crippen molar-refractivity contribution in [3.8, 4) is 0 Å². The molecular formula is C13H23N5S. The molecule has 2 aliphatic rings. The van der Waals surface area contributed by atoms with Crippen molar-refractivity contribution < 1.29 is 0 Å². The molecule has 0 aliphatic heterocycles. The fraction of sp³-hybridized carbons (Fsp3) is 0.923. The van der Waals surface area contributed by atoms with Gasteiger partial charge in [-0.15, -0.1) is 5.10 Å². The Hall–Kier alpha value is -0.620. The van der Waals surface area contributed by atoms with Crippen molar-refractivity contribution in [3.63, 3.8) is 0 Å². The van der Waals surface area contributed by atoms with Gasteiger partial charge in [-0.3, -0.25) is 0 Å². The zero-order chi connectivity index (χ0) is 12.9. The molecule has 5 nitrogen and oxygen atoms in total. The molecule has 2 aliphatic carbocycles. The van der Waals surface area contributed by atoms with Gasteiger partial charge in [0.1, 0.15) is 0 Å². The lowest BCUT2D eigenvalue weighted by molar-refractivity contribution is 0.375. The number of hydrogen-bond donors (Lipinski definition) is 1. The van der Waals surface area contributed by atoms with Crippen LogP contribution in [0.4, 0.5) is 0 Å². The Morgan fingerprint density at radius 3 is 2.79 bits per heavy atom. The van der Waals surface area contributed by atoms with E-state index in [0.29, 0.717) is 6.04 Å². The molecular weight excluding hydrogens is 258 g/mol. The summed E-state index contributed by atoms with van der Waals surface area (Å²) < 4.78 is 2.00. The van der Waals surface area contributed by atoms with E-state index in [9.17, 15) is 0 Å². The van der Waals surface area contributed by atoms with Crippen molar-refractivity contribution in [2.24, 2.45) is 0 Å². The summed E-state index contributed by atoms with van der Waals surface area (Å²) in [6.07, 6.45) is 10.6. The van der Waals surface area contributed by atoms with E-state index in [1.807, 2.05) is 4.68 Å². The fourth-order valence-corrected chi connectivity index (χ4v) is 3.56. The molecule has 0 spiro atoms. The third-order valence-electron chi connectivity index (χ3n) is 3.95. The highest BCUT2D eigenvalue weighted by molar-refractivity contribution is 7.99. The summed E-state index contributed by atoms with van der Waals surface area (Å²) in [5, 5.41) is 16.6. The maximum Gasteiger partial charge on any atom is 0.209 e. The van der Waals surface area contributed by atoms with Crippen molar-refractivity contribution >= 4 is 11.8 Å². The van der Waals surface area contributed by atoms with Gasteiger partial charge in [-0.2, -0.15) is 0 Å². The molecule has 19 heavy (non-hydrogen) atoms. The monoisotopic (exact) mass is 281 g/mol. The van der Waals surface area contributed by atoms with Gasteiger partial charge in [-0.05, 0) is 49.1 Å². The molecule has 0 saturated heterocycles. The first kappa shape index (κ1) is 13.4. The first-order valence-electron chi connectivity index (χ1n) is 7.57. The molecule has 0 unspecified atom stereocenters. The minimum Gasteiger partial charge on any atom is -0.314 e. The standard InChI is InChI=1S/C13H23N5S/c1-2-5-11(6-3-1)14-9-4-10-19-13-15-16-17-18(13)12-7-8-12/h11-12,14H,1-10H2. The lowest BCUT2D eigenvalue weighted by atomic mass is 9.95. The van der Waals surface area contributed by atoms with Crippen LogP contribution in [0.2, 0.25) is 0 Å². The Kier molecular flexibility index (Phi) is 4.71. The van der Waals surface area contributed by atoms with Crippen molar-refractivity contribution in [2.45, 2.75) is 68.6 Å². The molecule has 0 aromatic carbocycles. The normalized spacial score (nSPS) is 20.8. The molecule has 0 atom stereocenters. The molecule has 0 bridgehead atoms. The van der Waals surface area contributed by atoms with E-state index in [0.717, 1.165) is 23.5 Å². The second-order valence-corrected chi connectivity index (χ2v) is 6.69. The SMILES string of the molecule is C1CCC(NCCCSc2nnnn2C2CC2)CC1. The van der Waals surface area contributed by atoms with E-state index in [1.54, 1.807) is 11.8 Å². The van der Waals surface area contributed by atoms with Crippen LogP contribution in [0.15, 0.2) is 5.16 Å². The minimum absolute atomic E-state index is 0.581. The summed E-state index contributed by atoms with van der Waals surface area (Å²) in [5.74, 6) is 1.10. The summed E-state index contributed by atoms with van der Waals surface area (Å²) in [6.45, 7) is 1.13. The number of nitrogens with zero attached hydrogens (tertiary/aromatic N) is 4. The van der Waals surface area contributed by atoms with Crippen molar-refractivity contribution in [1.29, 1.82) is 0 Å². The quantitative estimate of drug-likeness (QED) is 0.614. The Morgan fingerprint density at radius 2 is 2.00 bits per heavy atom. The first-order valence-corrected chi connectivity index (χ1v) is 8.56. The third kappa shape index (κ3) is 3.92. The number of nitrogens with one attached hydrogen (secondary N) is 1. The zero-order valence-electron chi connectivity index (χ0n) is 11.4. The average Bonchev–Trinajstić information content (AvgIpc) is 3.19. The molecule has 2 fully saturated rings. The summed E-state index contributed by atoms with van der Waals surface area (Å²) in [7, 11) is 0. The van der Waals surface area contributed by atoms with E-state index in [4.69, 9.17) is 0 Å². The lowest BCUT2D eigenvalue weighted by Crippen LogP contribution is -2.31. The Balaban J connectivity index is 1.31. The van der Waals surface area contributed by atoms with Gasteiger partial charge >= 0.3 is 0 Å². The second kappa shape index (κ2) is 6.70. The van der Waals surface area contributed by atoms with Crippen LogP contribution in [0.1, 0.15) is 57.4 Å². The van der Waals surface area contributed by atoms with Gasteiger partial charge in [0.05, 0.1) is 6.04 Å². The highest BCUT2D eigenvalue weighted by atomic mass is 32.2. The molecule has 1 aromatic rings. The van der Waals surface area contributed by atoms with Gasteiger partial charge in [0.15, 0.2) is 0 Å². The van der Waals surface area contributed by atoms with Gasteiger partial charge in [0.2, 0.25) is 5.16 Å². The molecule has 6 heteroatoms. The van der Waals surface area contributed by atoms with Gasteiger partial charge in [0.25, 0.3) is 0 Å². The zero-order valence-corrected chi connectivity index (χ0v) is 12.2. The van der Waals surface area contributed by atoms with E-state index in [1.165, 1.54) is 51.4 Å². The maximum atomic E-state index is 4.11. The lowest BCUT2D eigenvalue weighted by Gasteiger charge is -2.22. The highest BCUT2D eigenvalue weighted by Gasteiger charge is 2.27. The van der Waals surface area contributed by atoms with Crippen LogP contribution < -0.4 is 5.32 Å². The second-order valence-electron chi connectivity index (χ2n) is 5.63. The average molecular weight is 281 g/mol. The first-order chi connectivity index (χ1) is 9.43. The van der Waals surface area contributed by atoms with Crippen LogP contribution in [0, 0.1) is 0 Å². The van der Waals surface area contributed by atoms with Crippen LogP contribution in [-0.2, 0) is 0 Å². The van der Waals surface area contributed by atoms with Crippen molar-refractivity contribution in [2.75, 3.05) is 12.3 Å². The van der Waals surface area contributed by atoms with E-state index >= 15 is 0 Å². The van der Waals surface area contributed by atoms with Crippen LogP contribution in [-0.4, -0.2) is 38.5 Å². The molecule has 0 amide bonds. The topological polar surface area (TPSA) is 55.6 Å². The van der Waals surface area contributed by atoms with E-state index in [-0.39, 0.29) is 0 Å². The summed E-state index contributed by atoms with van der Waals surface area (Å²) >= 11 is 1.80. The van der Waals surface area contributed by atoms with Gasteiger partial charge in [-0.25, -0.2) is 4.68 Å². The van der Waals surface area contributed by atoms with Crippen LogP contribution in [0.25, 0.3) is 0 Å². The Labute approximate surface area is 118 Å². The number of hydrogen-bond acceptors (Lipinski definition) is 5. The van der Waals surface area contributed by atoms with Gasteiger partial charge in [0, 0.05) is 11.8 Å².